The highest BCUT2D eigenvalue weighted by molar-refractivity contribution is 7.22. The fourth-order valence-corrected chi connectivity index (χ4v) is 4.35. The fraction of sp³-hybridized carbons (Fsp3) is 0.364. The smallest absolute Gasteiger partial charge is 0.260 e. The number of fused-ring (bicyclic) bond motifs is 1. The molecule has 2 aromatic carbocycles. The number of hydrogen-bond donors (Lipinski definition) is 0. The van der Waals surface area contributed by atoms with Crippen LogP contribution in [0.25, 0.3) is 10.2 Å². The molecule has 154 valence electrons. The van der Waals surface area contributed by atoms with Crippen molar-refractivity contribution in [1.82, 2.24) is 9.88 Å². The standard InChI is InChI=1S/C22H27N3O3S/c1-14-11-15(2)20-19(12-14)29-22(23-20)25(10-9-24(3)4)21(26)16-7-8-17(27-5)18(13-16)28-6/h7-8,11-13H,9-10H2,1-6H3. The summed E-state index contributed by atoms with van der Waals surface area (Å²) < 4.78 is 11.8. The van der Waals surface area contributed by atoms with Crippen LogP contribution in [0.15, 0.2) is 30.3 Å². The minimum atomic E-state index is -0.110. The average molecular weight is 414 g/mol. The van der Waals surface area contributed by atoms with Gasteiger partial charge < -0.3 is 14.4 Å². The number of rotatable bonds is 7. The lowest BCUT2D eigenvalue weighted by Crippen LogP contribution is -2.36. The van der Waals surface area contributed by atoms with E-state index in [0.29, 0.717) is 28.7 Å². The van der Waals surface area contributed by atoms with Crippen molar-refractivity contribution in [2.24, 2.45) is 0 Å². The van der Waals surface area contributed by atoms with E-state index in [1.54, 1.807) is 48.7 Å². The van der Waals surface area contributed by atoms with Crippen LogP contribution in [-0.4, -0.2) is 57.2 Å². The number of ether oxygens (including phenoxy) is 2. The first kappa shape index (κ1) is 21.1. The molecule has 1 aromatic heterocycles. The van der Waals surface area contributed by atoms with Crippen molar-refractivity contribution in [3.05, 3.63) is 47.0 Å². The van der Waals surface area contributed by atoms with Gasteiger partial charge in [0.15, 0.2) is 16.6 Å². The van der Waals surface area contributed by atoms with E-state index in [2.05, 4.69) is 30.9 Å². The number of likely N-dealkylation sites (N-methyl/N-ethyl adjacent to an activating group) is 1. The Morgan fingerprint density at radius 3 is 2.41 bits per heavy atom. The van der Waals surface area contributed by atoms with Crippen LogP contribution < -0.4 is 14.4 Å². The van der Waals surface area contributed by atoms with Crippen LogP contribution in [-0.2, 0) is 0 Å². The van der Waals surface area contributed by atoms with Gasteiger partial charge in [-0.25, -0.2) is 4.98 Å². The van der Waals surface area contributed by atoms with Gasteiger partial charge >= 0.3 is 0 Å². The Morgan fingerprint density at radius 1 is 1.03 bits per heavy atom. The highest BCUT2D eigenvalue weighted by atomic mass is 32.1. The molecule has 0 aliphatic carbocycles. The van der Waals surface area contributed by atoms with Crippen LogP contribution in [0, 0.1) is 13.8 Å². The van der Waals surface area contributed by atoms with Gasteiger partial charge in [0.1, 0.15) is 0 Å². The number of anilines is 1. The Hall–Kier alpha value is -2.64. The zero-order valence-corrected chi connectivity index (χ0v) is 18.6. The highest BCUT2D eigenvalue weighted by Gasteiger charge is 2.23. The second-order valence-corrected chi connectivity index (χ2v) is 8.26. The molecule has 0 saturated heterocycles. The summed E-state index contributed by atoms with van der Waals surface area (Å²) in [5, 5.41) is 0.704. The Kier molecular flexibility index (Phi) is 6.39. The molecule has 1 amide bonds. The number of nitrogens with zero attached hydrogens (tertiary/aromatic N) is 3. The van der Waals surface area contributed by atoms with Crippen molar-refractivity contribution >= 4 is 32.6 Å². The van der Waals surface area contributed by atoms with Gasteiger partial charge in [0.25, 0.3) is 5.91 Å². The van der Waals surface area contributed by atoms with E-state index in [0.717, 1.165) is 22.3 Å². The van der Waals surface area contributed by atoms with Crippen molar-refractivity contribution in [2.45, 2.75) is 13.8 Å². The number of carbonyl (C=O) groups is 1. The van der Waals surface area contributed by atoms with Crippen LogP contribution in [0.2, 0.25) is 0 Å². The summed E-state index contributed by atoms with van der Waals surface area (Å²) in [6, 6.07) is 9.46. The van der Waals surface area contributed by atoms with E-state index in [1.807, 2.05) is 14.1 Å². The number of aromatic nitrogens is 1. The molecule has 7 heteroatoms. The van der Waals surface area contributed by atoms with Gasteiger partial charge in [-0.3, -0.25) is 9.69 Å². The molecule has 0 aliphatic heterocycles. The number of hydrogen-bond acceptors (Lipinski definition) is 6. The summed E-state index contributed by atoms with van der Waals surface area (Å²) >= 11 is 1.55. The number of carbonyl (C=O) groups excluding carboxylic acids is 1. The number of methoxy groups -OCH3 is 2. The summed E-state index contributed by atoms with van der Waals surface area (Å²) in [5.74, 6) is 1.01. The van der Waals surface area contributed by atoms with Gasteiger partial charge in [0.2, 0.25) is 0 Å². The summed E-state index contributed by atoms with van der Waals surface area (Å²) in [6.45, 7) is 5.40. The van der Waals surface area contributed by atoms with E-state index in [1.165, 1.54) is 5.56 Å². The average Bonchev–Trinajstić information content (AvgIpc) is 3.11. The Balaban J connectivity index is 2.03. The monoisotopic (exact) mass is 413 g/mol. The zero-order valence-electron chi connectivity index (χ0n) is 17.8. The summed E-state index contributed by atoms with van der Waals surface area (Å²) in [6.07, 6.45) is 0. The molecule has 0 spiro atoms. The molecule has 0 aliphatic rings. The molecule has 0 bridgehead atoms. The molecular formula is C22H27N3O3S. The predicted molar refractivity (Wildman–Crippen MR) is 119 cm³/mol. The third kappa shape index (κ3) is 4.52. The van der Waals surface area contributed by atoms with Crippen LogP contribution in [0.3, 0.4) is 0 Å². The summed E-state index contributed by atoms with van der Waals surface area (Å²) in [5.41, 5.74) is 3.80. The maximum Gasteiger partial charge on any atom is 0.260 e. The molecule has 0 radical (unpaired) electrons. The topological polar surface area (TPSA) is 54.9 Å². The first-order valence-electron chi connectivity index (χ1n) is 9.40. The zero-order chi connectivity index (χ0) is 21.1. The minimum absolute atomic E-state index is 0.110. The van der Waals surface area contributed by atoms with Gasteiger partial charge in [-0.1, -0.05) is 17.4 Å². The van der Waals surface area contributed by atoms with E-state index < -0.39 is 0 Å². The molecule has 6 nitrogen and oxygen atoms in total. The predicted octanol–water partition coefficient (Wildman–Crippen LogP) is 4.14. The molecule has 1 heterocycles. The van der Waals surface area contributed by atoms with Crippen LogP contribution in [0.4, 0.5) is 5.13 Å². The van der Waals surface area contributed by atoms with Gasteiger partial charge in [-0.15, -0.1) is 0 Å². The van der Waals surface area contributed by atoms with Crippen LogP contribution in [0.1, 0.15) is 21.5 Å². The molecule has 0 atom stereocenters. The van der Waals surface area contributed by atoms with E-state index in [9.17, 15) is 4.79 Å². The van der Waals surface area contributed by atoms with Crippen molar-refractivity contribution in [3.8, 4) is 11.5 Å². The molecule has 29 heavy (non-hydrogen) atoms. The van der Waals surface area contributed by atoms with Gasteiger partial charge in [-0.2, -0.15) is 0 Å². The SMILES string of the molecule is COc1ccc(C(=O)N(CCN(C)C)c2nc3c(C)cc(C)cc3s2)cc1OC. The second kappa shape index (κ2) is 8.80. The van der Waals surface area contributed by atoms with Crippen molar-refractivity contribution in [1.29, 1.82) is 0 Å². The Bertz CT molecular complexity index is 1030. The first-order valence-corrected chi connectivity index (χ1v) is 10.2. The molecule has 0 saturated carbocycles. The van der Waals surface area contributed by atoms with Gasteiger partial charge in [0, 0.05) is 18.7 Å². The van der Waals surface area contributed by atoms with Crippen LogP contribution in [0.5, 0.6) is 11.5 Å². The maximum absolute atomic E-state index is 13.4. The molecular weight excluding hydrogens is 386 g/mol. The molecule has 0 fully saturated rings. The highest BCUT2D eigenvalue weighted by Crippen LogP contribution is 2.33. The second-order valence-electron chi connectivity index (χ2n) is 7.25. The fourth-order valence-electron chi connectivity index (χ4n) is 3.18. The van der Waals surface area contributed by atoms with Gasteiger partial charge in [0.05, 0.1) is 24.4 Å². The van der Waals surface area contributed by atoms with E-state index in [-0.39, 0.29) is 5.91 Å². The molecule has 0 N–H and O–H groups in total. The summed E-state index contributed by atoms with van der Waals surface area (Å²) in [7, 11) is 7.12. The lowest BCUT2D eigenvalue weighted by atomic mass is 10.1. The van der Waals surface area contributed by atoms with Crippen molar-refractivity contribution in [3.63, 3.8) is 0 Å². The lowest BCUT2D eigenvalue weighted by Gasteiger charge is -2.22. The molecule has 3 aromatic rings. The number of benzene rings is 2. The number of aryl methyl sites for hydroxylation is 2. The Labute approximate surface area is 175 Å². The quantitative estimate of drug-likeness (QED) is 0.583. The molecule has 3 rings (SSSR count). The normalized spacial score (nSPS) is 11.1. The number of thiazole rings is 1. The van der Waals surface area contributed by atoms with E-state index >= 15 is 0 Å². The lowest BCUT2D eigenvalue weighted by molar-refractivity contribution is 0.0985. The first-order chi connectivity index (χ1) is 13.8. The minimum Gasteiger partial charge on any atom is -0.493 e. The van der Waals surface area contributed by atoms with Crippen LogP contribution >= 0.6 is 11.3 Å². The van der Waals surface area contributed by atoms with Crippen molar-refractivity contribution in [2.75, 3.05) is 46.3 Å². The van der Waals surface area contributed by atoms with E-state index in [4.69, 9.17) is 14.5 Å². The van der Waals surface area contributed by atoms with Crippen molar-refractivity contribution < 1.29 is 14.3 Å². The molecule has 0 unspecified atom stereocenters. The third-order valence-electron chi connectivity index (χ3n) is 4.70. The third-order valence-corrected chi connectivity index (χ3v) is 5.72. The maximum atomic E-state index is 13.4. The largest absolute Gasteiger partial charge is 0.493 e. The number of amides is 1. The summed E-state index contributed by atoms with van der Waals surface area (Å²) in [4.78, 5) is 22.0. The Morgan fingerprint density at radius 2 is 1.76 bits per heavy atom. The van der Waals surface area contributed by atoms with Gasteiger partial charge in [-0.05, 0) is 63.3 Å².